The number of nitro groups is 1. The van der Waals surface area contributed by atoms with Crippen molar-refractivity contribution in [2.75, 3.05) is 11.5 Å². The molecule has 0 spiro atoms. The third-order valence-corrected chi connectivity index (χ3v) is 8.44. The van der Waals surface area contributed by atoms with Crippen LogP contribution in [-0.4, -0.2) is 58.7 Å². The van der Waals surface area contributed by atoms with Crippen molar-refractivity contribution in [1.29, 1.82) is 0 Å². The number of nitrogens with zero attached hydrogens (tertiary/aromatic N) is 2. The first-order valence-corrected chi connectivity index (χ1v) is 14.6. The van der Waals surface area contributed by atoms with Crippen LogP contribution in [0, 0.1) is 21.8 Å². The molecule has 214 valence electrons. The van der Waals surface area contributed by atoms with Crippen LogP contribution < -0.4 is 0 Å². The first-order chi connectivity index (χ1) is 17.9. The summed E-state index contributed by atoms with van der Waals surface area (Å²) in [5.74, 6) is -2.75. The van der Waals surface area contributed by atoms with Crippen LogP contribution >= 0.6 is 0 Å². The van der Waals surface area contributed by atoms with Crippen molar-refractivity contribution in [2.24, 2.45) is 5.92 Å². The number of aliphatic hydroxyl groups excluding tert-OH is 1. The molecule has 3 rings (SSSR count). The van der Waals surface area contributed by atoms with Crippen molar-refractivity contribution >= 4 is 21.6 Å². The average molecular weight is 565 g/mol. The van der Waals surface area contributed by atoms with Gasteiger partial charge >= 0.3 is 11.8 Å². The fraction of sp³-hybridized carbons (Fsp3) is 0.536. The molecule has 1 amide bonds. The van der Waals surface area contributed by atoms with E-state index >= 15 is 0 Å². The Morgan fingerprint density at radius 2 is 1.77 bits per heavy atom. The highest BCUT2D eigenvalue weighted by atomic mass is 32.2. The third-order valence-electron chi connectivity index (χ3n) is 6.65. The largest absolute Gasteiger partial charge is 0.444 e. The number of carbonyl (C=O) groups is 1. The van der Waals surface area contributed by atoms with Crippen molar-refractivity contribution in [2.45, 2.75) is 77.7 Å². The molecule has 11 heteroatoms. The van der Waals surface area contributed by atoms with Crippen molar-refractivity contribution in [1.82, 2.24) is 4.90 Å². The minimum atomic E-state index is -3.72. The molecule has 1 saturated heterocycles. The molecule has 2 aromatic rings. The molecule has 39 heavy (non-hydrogen) atoms. The second kappa shape index (κ2) is 11.2. The summed E-state index contributed by atoms with van der Waals surface area (Å²) >= 11 is 0. The summed E-state index contributed by atoms with van der Waals surface area (Å²) in [6.07, 6.45) is -2.08. The molecule has 9 nitrogen and oxygen atoms in total. The molecule has 3 unspecified atom stereocenters. The second-order valence-electron chi connectivity index (χ2n) is 12.2. The Morgan fingerprint density at radius 3 is 2.33 bits per heavy atom. The van der Waals surface area contributed by atoms with Crippen LogP contribution in [0.25, 0.3) is 0 Å². The van der Waals surface area contributed by atoms with E-state index in [2.05, 4.69) is 20.8 Å². The lowest BCUT2D eigenvalue weighted by atomic mass is 9.86. The maximum absolute atomic E-state index is 14.2. The SMILES string of the molecule is CC(C)(C)OC(=O)N(Cc1cccc(C(C)(C)C)c1)C1CS(=O)(=O)CC(Cc2ccc([N+](=O)[O-])c(F)c2)C1O. The molecule has 0 radical (unpaired) electrons. The Labute approximate surface area is 229 Å². The minimum absolute atomic E-state index is 0.00889. The van der Waals surface area contributed by atoms with E-state index in [-0.39, 0.29) is 24.1 Å². The zero-order valence-electron chi connectivity index (χ0n) is 23.2. The van der Waals surface area contributed by atoms with Crippen LogP contribution in [-0.2, 0) is 33.0 Å². The molecule has 1 fully saturated rings. The summed E-state index contributed by atoms with van der Waals surface area (Å²) in [7, 11) is -3.72. The standard InChI is InChI=1S/C28H37FN2O7S/c1-27(2,3)21-9-7-8-19(13-21)15-30(26(33)38-28(4,5)6)24-17-39(36,37)16-20(25(24)32)12-18-10-11-23(31(34)35)22(29)14-18/h7-11,13-14,20,24-25,32H,12,15-17H2,1-6H3. The zero-order valence-corrected chi connectivity index (χ0v) is 24.0. The lowest BCUT2D eigenvalue weighted by molar-refractivity contribution is -0.387. The average Bonchev–Trinajstić information content (AvgIpc) is 2.78. The van der Waals surface area contributed by atoms with Crippen LogP contribution in [0.3, 0.4) is 0 Å². The van der Waals surface area contributed by atoms with Crippen molar-refractivity contribution in [3.8, 4) is 0 Å². The topological polar surface area (TPSA) is 127 Å². The van der Waals surface area contributed by atoms with Gasteiger partial charge in [-0.05, 0) is 55.4 Å². The van der Waals surface area contributed by atoms with E-state index in [1.807, 2.05) is 24.3 Å². The van der Waals surface area contributed by atoms with Crippen molar-refractivity contribution in [3.05, 3.63) is 75.1 Å². The molecule has 0 aromatic heterocycles. The normalized spacial score (nSPS) is 21.3. The van der Waals surface area contributed by atoms with Gasteiger partial charge in [-0.2, -0.15) is 4.39 Å². The number of aliphatic hydroxyl groups is 1. The van der Waals surface area contributed by atoms with E-state index in [0.717, 1.165) is 23.3 Å². The van der Waals surface area contributed by atoms with Crippen LogP contribution in [0.5, 0.6) is 0 Å². The van der Waals surface area contributed by atoms with Crippen molar-refractivity contribution in [3.63, 3.8) is 0 Å². The number of sulfone groups is 1. The molecule has 0 bridgehead atoms. The molecule has 0 aliphatic carbocycles. The number of benzene rings is 2. The first-order valence-electron chi connectivity index (χ1n) is 12.8. The monoisotopic (exact) mass is 564 g/mol. The fourth-order valence-electron chi connectivity index (χ4n) is 4.72. The Kier molecular flexibility index (Phi) is 8.76. The minimum Gasteiger partial charge on any atom is -0.444 e. The number of rotatable bonds is 6. The van der Waals surface area contributed by atoms with Gasteiger partial charge in [-0.1, -0.05) is 51.1 Å². The van der Waals surface area contributed by atoms with Gasteiger partial charge in [0.25, 0.3) is 0 Å². The van der Waals surface area contributed by atoms with Crippen LogP contribution in [0.15, 0.2) is 42.5 Å². The lowest BCUT2D eigenvalue weighted by Gasteiger charge is -2.41. The van der Waals surface area contributed by atoms with Gasteiger partial charge in [0.1, 0.15) is 5.60 Å². The van der Waals surface area contributed by atoms with Crippen LogP contribution in [0.1, 0.15) is 58.2 Å². The predicted octanol–water partition coefficient (Wildman–Crippen LogP) is 4.79. The first kappa shape index (κ1) is 30.5. The zero-order chi connectivity index (χ0) is 29.3. The molecule has 2 aromatic carbocycles. The van der Waals surface area contributed by atoms with Gasteiger partial charge in [0.2, 0.25) is 5.82 Å². The van der Waals surface area contributed by atoms with Crippen LogP contribution in [0.2, 0.25) is 0 Å². The van der Waals surface area contributed by atoms with E-state index in [9.17, 15) is 32.8 Å². The van der Waals surface area contributed by atoms with Gasteiger partial charge in [-0.3, -0.25) is 15.0 Å². The summed E-state index contributed by atoms with van der Waals surface area (Å²) in [6.45, 7) is 11.3. The molecule has 0 saturated carbocycles. The molecule has 1 N–H and O–H groups in total. The highest BCUT2D eigenvalue weighted by molar-refractivity contribution is 7.91. The number of halogens is 1. The third kappa shape index (κ3) is 7.98. The van der Waals surface area contributed by atoms with E-state index in [1.54, 1.807) is 20.8 Å². The molecule has 1 aliphatic rings. The van der Waals surface area contributed by atoms with Gasteiger partial charge in [0, 0.05) is 18.5 Å². The summed E-state index contributed by atoms with van der Waals surface area (Å²) in [5.41, 5.74) is 0.362. The number of amides is 1. The van der Waals surface area contributed by atoms with Crippen LogP contribution in [0.4, 0.5) is 14.9 Å². The van der Waals surface area contributed by atoms with E-state index in [4.69, 9.17) is 4.74 Å². The smallest absolute Gasteiger partial charge is 0.410 e. The summed E-state index contributed by atoms with van der Waals surface area (Å²) in [5, 5.41) is 22.4. The number of hydrogen-bond donors (Lipinski definition) is 1. The predicted molar refractivity (Wildman–Crippen MR) is 146 cm³/mol. The highest BCUT2D eigenvalue weighted by Crippen LogP contribution is 2.31. The molecule has 1 heterocycles. The van der Waals surface area contributed by atoms with E-state index in [1.165, 1.54) is 11.0 Å². The Hall–Kier alpha value is -3.05. The Balaban J connectivity index is 1.97. The lowest BCUT2D eigenvalue weighted by Crippen LogP contribution is -2.58. The summed E-state index contributed by atoms with van der Waals surface area (Å²) in [6, 6.07) is 9.82. The fourth-order valence-corrected chi connectivity index (χ4v) is 6.72. The van der Waals surface area contributed by atoms with Gasteiger partial charge in [-0.15, -0.1) is 0 Å². The van der Waals surface area contributed by atoms with Crippen molar-refractivity contribution < 1.29 is 32.4 Å². The molecule has 3 atom stereocenters. The number of hydrogen-bond acceptors (Lipinski definition) is 7. The summed E-state index contributed by atoms with van der Waals surface area (Å²) < 4.78 is 45.9. The Bertz CT molecular complexity index is 1330. The maximum Gasteiger partial charge on any atom is 0.410 e. The van der Waals surface area contributed by atoms with Gasteiger partial charge in [0.15, 0.2) is 9.84 Å². The van der Waals surface area contributed by atoms with E-state index in [0.29, 0.717) is 5.56 Å². The van der Waals surface area contributed by atoms with E-state index < -0.39 is 61.8 Å². The number of ether oxygens (including phenoxy) is 1. The maximum atomic E-state index is 14.2. The van der Waals surface area contributed by atoms with Gasteiger partial charge in [0.05, 0.1) is 28.6 Å². The molecular weight excluding hydrogens is 527 g/mol. The quantitative estimate of drug-likeness (QED) is 0.395. The Morgan fingerprint density at radius 1 is 1.10 bits per heavy atom. The summed E-state index contributed by atoms with van der Waals surface area (Å²) in [4.78, 5) is 24.8. The number of carbonyl (C=O) groups excluding carboxylic acids is 1. The number of nitro benzene ring substituents is 1. The van der Waals surface area contributed by atoms with Gasteiger partial charge in [-0.25, -0.2) is 13.2 Å². The second-order valence-corrected chi connectivity index (χ2v) is 14.4. The molecular formula is C28H37FN2O7S. The van der Waals surface area contributed by atoms with Gasteiger partial charge < -0.3 is 9.84 Å². The highest BCUT2D eigenvalue weighted by Gasteiger charge is 2.45. The molecule has 1 aliphatic heterocycles.